The Labute approximate surface area is 141 Å². The normalized spacial score (nSPS) is 17.1. The Morgan fingerprint density at radius 2 is 1.71 bits per heavy atom. The van der Waals surface area contributed by atoms with Crippen molar-refractivity contribution < 1.29 is 5.11 Å². The first-order chi connectivity index (χ1) is 11.8. The van der Waals surface area contributed by atoms with Gasteiger partial charge >= 0.3 is 0 Å². The molecule has 122 valence electrons. The van der Waals surface area contributed by atoms with Gasteiger partial charge in [0.1, 0.15) is 5.82 Å². The molecule has 1 N–H and O–H groups in total. The molecular weight excluding hydrogens is 300 g/mol. The zero-order valence-electron chi connectivity index (χ0n) is 13.4. The molecule has 0 saturated carbocycles. The summed E-state index contributed by atoms with van der Waals surface area (Å²) < 4.78 is 0. The number of piperidine rings is 1. The lowest BCUT2D eigenvalue weighted by Crippen LogP contribution is -2.36. The molecule has 1 saturated heterocycles. The molecule has 1 aromatic carbocycles. The van der Waals surface area contributed by atoms with Crippen LogP contribution < -0.4 is 4.90 Å². The minimum absolute atomic E-state index is 0.240. The maximum Gasteiger partial charge on any atom is 0.147 e. The van der Waals surface area contributed by atoms with Gasteiger partial charge in [-0.3, -0.25) is 9.97 Å². The van der Waals surface area contributed by atoms with Gasteiger partial charge < -0.3 is 10.0 Å². The van der Waals surface area contributed by atoms with Crippen LogP contribution in [0.4, 0.5) is 5.82 Å². The SMILES string of the molecule is OC(c1ccccn1)C1CCN(c2cnc3ccccc3n2)CC1. The summed E-state index contributed by atoms with van der Waals surface area (Å²) in [6.07, 6.45) is 4.94. The number of rotatable bonds is 3. The van der Waals surface area contributed by atoms with E-state index in [9.17, 15) is 5.11 Å². The predicted molar refractivity (Wildman–Crippen MR) is 93.7 cm³/mol. The Kier molecular flexibility index (Phi) is 4.09. The molecule has 3 aromatic rings. The summed E-state index contributed by atoms with van der Waals surface area (Å²) in [5.74, 6) is 1.16. The number of pyridine rings is 1. The highest BCUT2D eigenvalue weighted by Gasteiger charge is 2.27. The first kappa shape index (κ1) is 15.0. The van der Waals surface area contributed by atoms with Gasteiger partial charge in [0, 0.05) is 19.3 Å². The van der Waals surface area contributed by atoms with E-state index < -0.39 is 6.10 Å². The molecule has 3 heterocycles. The van der Waals surface area contributed by atoms with Crippen LogP contribution in [0.15, 0.2) is 54.9 Å². The van der Waals surface area contributed by atoms with Gasteiger partial charge in [0.2, 0.25) is 0 Å². The zero-order chi connectivity index (χ0) is 16.4. The fourth-order valence-corrected chi connectivity index (χ4v) is 3.34. The third-order valence-electron chi connectivity index (χ3n) is 4.74. The molecule has 0 amide bonds. The lowest BCUT2D eigenvalue weighted by Gasteiger charge is -2.34. The summed E-state index contributed by atoms with van der Waals surface area (Å²) in [7, 11) is 0. The maximum atomic E-state index is 10.5. The van der Waals surface area contributed by atoms with Crippen molar-refractivity contribution in [3.63, 3.8) is 0 Å². The number of anilines is 1. The summed E-state index contributed by atoms with van der Waals surface area (Å²) in [4.78, 5) is 15.7. The molecule has 0 bridgehead atoms. The van der Waals surface area contributed by atoms with Crippen LogP contribution in [0.3, 0.4) is 0 Å². The van der Waals surface area contributed by atoms with Crippen LogP contribution in [-0.2, 0) is 0 Å². The van der Waals surface area contributed by atoms with Crippen molar-refractivity contribution in [1.29, 1.82) is 0 Å². The van der Waals surface area contributed by atoms with E-state index in [1.807, 2.05) is 48.7 Å². The average Bonchev–Trinajstić information content (AvgIpc) is 2.68. The van der Waals surface area contributed by atoms with Crippen LogP contribution in [-0.4, -0.2) is 33.1 Å². The molecule has 5 nitrogen and oxygen atoms in total. The number of para-hydroxylation sites is 2. The molecule has 0 aliphatic carbocycles. The number of hydrogen-bond donors (Lipinski definition) is 1. The lowest BCUT2D eigenvalue weighted by atomic mass is 9.89. The molecule has 1 atom stereocenters. The van der Waals surface area contributed by atoms with Crippen LogP contribution in [0.2, 0.25) is 0 Å². The van der Waals surface area contributed by atoms with Crippen LogP contribution in [0.5, 0.6) is 0 Å². The molecule has 1 unspecified atom stereocenters. The van der Waals surface area contributed by atoms with E-state index in [4.69, 9.17) is 4.98 Å². The number of aliphatic hydroxyl groups excluding tert-OH is 1. The Balaban J connectivity index is 1.45. The quantitative estimate of drug-likeness (QED) is 0.804. The molecule has 4 rings (SSSR count). The smallest absolute Gasteiger partial charge is 0.147 e. The standard InChI is InChI=1S/C19H20N4O/c24-19(17-7-3-4-10-20-17)14-8-11-23(12-9-14)18-13-21-15-5-1-2-6-16(15)22-18/h1-7,10,13-14,19,24H,8-9,11-12H2. The van der Waals surface area contributed by atoms with Gasteiger partial charge in [0.25, 0.3) is 0 Å². The minimum atomic E-state index is -0.490. The highest BCUT2D eigenvalue weighted by atomic mass is 16.3. The minimum Gasteiger partial charge on any atom is -0.387 e. The Morgan fingerprint density at radius 1 is 0.958 bits per heavy atom. The number of aromatic nitrogens is 3. The fraction of sp³-hybridized carbons (Fsp3) is 0.316. The Bertz CT molecular complexity index is 816. The van der Waals surface area contributed by atoms with Crippen molar-refractivity contribution in [2.24, 2.45) is 5.92 Å². The van der Waals surface area contributed by atoms with Crippen molar-refractivity contribution >= 4 is 16.9 Å². The van der Waals surface area contributed by atoms with E-state index in [0.29, 0.717) is 0 Å². The third kappa shape index (κ3) is 2.95. The van der Waals surface area contributed by atoms with Crippen molar-refractivity contribution in [1.82, 2.24) is 15.0 Å². The average molecular weight is 320 g/mol. The molecule has 2 aromatic heterocycles. The van der Waals surface area contributed by atoms with Gasteiger partial charge in [-0.25, -0.2) is 4.98 Å². The van der Waals surface area contributed by atoms with Gasteiger partial charge in [-0.05, 0) is 43.0 Å². The molecule has 1 aliphatic heterocycles. The van der Waals surface area contributed by atoms with E-state index in [2.05, 4.69) is 14.9 Å². The second kappa shape index (κ2) is 6.53. The maximum absolute atomic E-state index is 10.5. The summed E-state index contributed by atoms with van der Waals surface area (Å²) >= 11 is 0. The monoisotopic (exact) mass is 320 g/mol. The molecule has 0 spiro atoms. The molecule has 1 aliphatic rings. The number of hydrogen-bond acceptors (Lipinski definition) is 5. The molecule has 1 fully saturated rings. The first-order valence-electron chi connectivity index (χ1n) is 8.37. The number of fused-ring (bicyclic) bond motifs is 1. The van der Waals surface area contributed by atoms with E-state index in [0.717, 1.165) is 48.5 Å². The van der Waals surface area contributed by atoms with Crippen LogP contribution in [0, 0.1) is 5.92 Å². The predicted octanol–water partition coefficient (Wildman–Crippen LogP) is 2.97. The molecular formula is C19H20N4O. The summed E-state index contributed by atoms with van der Waals surface area (Å²) in [5, 5.41) is 10.5. The zero-order valence-corrected chi connectivity index (χ0v) is 13.4. The van der Waals surface area contributed by atoms with E-state index >= 15 is 0 Å². The lowest BCUT2D eigenvalue weighted by molar-refractivity contribution is 0.0890. The van der Waals surface area contributed by atoms with Crippen molar-refractivity contribution in [2.45, 2.75) is 18.9 Å². The number of nitrogens with zero attached hydrogens (tertiary/aromatic N) is 4. The van der Waals surface area contributed by atoms with Crippen molar-refractivity contribution in [3.8, 4) is 0 Å². The Hall–Kier alpha value is -2.53. The van der Waals surface area contributed by atoms with Gasteiger partial charge in [0.05, 0.1) is 29.0 Å². The second-order valence-electron chi connectivity index (χ2n) is 6.24. The topological polar surface area (TPSA) is 62.1 Å². The van der Waals surface area contributed by atoms with E-state index in [1.165, 1.54) is 0 Å². The summed E-state index contributed by atoms with van der Waals surface area (Å²) in [6, 6.07) is 13.6. The molecule has 5 heteroatoms. The van der Waals surface area contributed by atoms with E-state index in [1.54, 1.807) is 6.20 Å². The van der Waals surface area contributed by atoms with Crippen molar-refractivity contribution in [2.75, 3.05) is 18.0 Å². The van der Waals surface area contributed by atoms with Crippen LogP contribution in [0.1, 0.15) is 24.6 Å². The van der Waals surface area contributed by atoms with E-state index in [-0.39, 0.29) is 5.92 Å². The second-order valence-corrected chi connectivity index (χ2v) is 6.24. The first-order valence-corrected chi connectivity index (χ1v) is 8.37. The van der Waals surface area contributed by atoms with Gasteiger partial charge in [0.15, 0.2) is 0 Å². The van der Waals surface area contributed by atoms with Gasteiger partial charge in [-0.2, -0.15) is 0 Å². The molecule has 24 heavy (non-hydrogen) atoms. The van der Waals surface area contributed by atoms with Crippen LogP contribution in [0.25, 0.3) is 11.0 Å². The van der Waals surface area contributed by atoms with Gasteiger partial charge in [-0.15, -0.1) is 0 Å². The number of aliphatic hydroxyl groups is 1. The third-order valence-corrected chi connectivity index (χ3v) is 4.74. The Morgan fingerprint density at radius 3 is 2.46 bits per heavy atom. The van der Waals surface area contributed by atoms with Gasteiger partial charge in [-0.1, -0.05) is 18.2 Å². The van der Waals surface area contributed by atoms with Crippen LogP contribution >= 0.6 is 0 Å². The molecule has 0 radical (unpaired) electrons. The summed E-state index contributed by atoms with van der Waals surface area (Å²) in [5.41, 5.74) is 2.61. The summed E-state index contributed by atoms with van der Waals surface area (Å²) in [6.45, 7) is 1.75. The van der Waals surface area contributed by atoms with Crippen molar-refractivity contribution in [3.05, 3.63) is 60.6 Å². The fourth-order valence-electron chi connectivity index (χ4n) is 3.34. The highest BCUT2D eigenvalue weighted by Crippen LogP contribution is 2.31. The highest BCUT2D eigenvalue weighted by molar-refractivity contribution is 5.75. The number of benzene rings is 1. The largest absolute Gasteiger partial charge is 0.387 e.